The van der Waals surface area contributed by atoms with E-state index in [0.29, 0.717) is 24.5 Å². The van der Waals surface area contributed by atoms with Crippen LogP contribution in [0.15, 0.2) is 72.8 Å². The summed E-state index contributed by atoms with van der Waals surface area (Å²) in [5, 5.41) is 2.92. The fourth-order valence-electron chi connectivity index (χ4n) is 4.47. The van der Waals surface area contributed by atoms with Crippen molar-refractivity contribution >= 4 is 27.5 Å². The number of sulfonamides is 1. The molecule has 0 radical (unpaired) electrons. The van der Waals surface area contributed by atoms with Gasteiger partial charge in [0.05, 0.1) is 33.3 Å². The maximum atomic E-state index is 14.2. The second kappa shape index (κ2) is 15.1. The van der Waals surface area contributed by atoms with Gasteiger partial charge in [0.25, 0.3) is 0 Å². The Labute approximate surface area is 248 Å². The van der Waals surface area contributed by atoms with Gasteiger partial charge in [0.15, 0.2) is 0 Å². The molecular formula is C31H39N3O7S. The highest BCUT2D eigenvalue weighted by Crippen LogP contribution is 2.34. The summed E-state index contributed by atoms with van der Waals surface area (Å²) in [5.74, 6) is 0.383. The highest BCUT2D eigenvalue weighted by molar-refractivity contribution is 7.92. The number of hydrogen-bond donors (Lipinski definition) is 1. The largest absolute Gasteiger partial charge is 0.497 e. The Hall–Kier alpha value is -4.25. The lowest BCUT2D eigenvalue weighted by Gasteiger charge is -2.33. The Morgan fingerprint density at radius 2 is 1.52 bits per heavy atom. The van der Waals surface area contributed by atoms with E-state index in [-0.39, 0.29) is 30.3 Å². The molecule has 0 aliphatic carbocycles. The first-order chi connectivity index (χ1) is 20.1. The van der Waals surface area contributed by atoms with E-state index in [4.69, 9.17) is 14.2 Å². The van der Waals surface area contributed by atoms with Gasteiger partial charge in [-0.3, -0.25) is 13.9 Å². The van der Waals surface area contributed by atoms with Crippen LogP contribution in [0.5, 0.6) is 17.2 Å². The maximum Gasteiger partial charge on any atom is 0.244 e. The first-order valence-electron chi connectivity index (χ1n) is 13.5. The molecule has 3 aromatic carbocycles. The average Bonchev–Trinajstić information content (AvgIpc) is 3.00. The lowest BCUT2D eigenvalue weighted by molar-refractivity contribution is -0.140. The summed E-state index contributed by atoms with van der Waals surface area (Å²) in [4.78, 5) is 29.2. The van der Waals surface area contributed by atoms with Crippen LogP contribution >= 0.6 is 0 Å². The summed E-state index contributed by atoms with van der Waals surface area (Å²) in [6, 6.07) is 20.3. The number of benzene rings is 3. The Balaban J connectivity index is 2.09. The molecule has 0 saturated heterocycles. The van der Waals surface area contributed by atoms with Crippen molar-refractivity contribution in [3.8, 4) is 17.2 Å². The third-order valence-corrected chi connectivity index (χ3v) is 7.77. The number of nitrogens with zero attached hydrogens (tertiary/aromatic N) is 2. The molecule has 3 aromatic rings. The fraction of sp³-hybridized carbons (Fsp3) is 0.355. The Kier molecular flexibility index (Phi) is 11.6. The molecule has 0 spiro atoms. The van der Waals surface area contributed by atoms with Crippen molar-refractivity contribution in [2.75, 3.05) is 45.0 Å². The van der Waals surface area contributed by atoms with Crippen molar-refractivity contribution in [1.82, 2.24) is 10.2 Å². The molecule has 0 bridgehead atoms. The quantitative estimate of drug-likeness (QED) is 0.285. The van der Waals surface area contributed by atoms with Gasteiger partial charge in [0.1, 0.15) is 29.8 Å². The van der Waals surface area contributed by atoms with Crippen LogP contribution in [0.2, 0.25) is 0 Å². The molecule has 0 heterocycles. The number of methoxy groups -OCH3 is 3. The van der Waals surface area contributed by atoms with Crippen molar-refractivity contribution in [1.29, 1.82) is 0 Å². The first-order valence-corrected chi connectivity index (χ1v) is 15.4. The summed E-state index contributed by atoms with van der Waals surface area (Å²) >= 11 is 0. The second-order valence-electron chi connectivity index (χ2n) is 9.68. The number of ether oxygens (including phenoxy) is 3. The molecule has 1 N–H and O–H groups in total. The monoisotopic (exact) mass is 597 g/mol. The van der Waals surface area contributed by atoms with Crippen LogP contribution in [0.25, 0.3) is 0 Å². The van der Waals surface area contributed by atoms with E-state index in [1.807, 2.05) is 43.3 Å². The van der Waals surface area contributed by atoms with Gasteiger partial charge >= 0.3 is 0 Å². The number of amides is 2. The van der Waals surface area contributed by atoms with E-state index in [1.54, 1.807) is 37.4 Å². The summed E-state index contributed by atoms with van der Waals surface area (Å²) in [6.45, 7) is 1.87. The molecule has 11 heteroatoms. The normalized spacial score (nSPS) is 11.7. The third-order valence-electron chi connectivity index (χ3n) is 6.64. The SMILES string of the molecule is CCCNC(=O)[C@H](Cc1ccccc1)N(Cc1cccc(OC)c1)C(=O)CN(c1ccc(OC)cc1OC)S(C)(=O)=O. The van der Waals surface area contributed by atoms with E-state index < -0.39 is 28.5 Å². The van der Waals surface area contributed by atoms with Gasteiger partial charge < -0.3 is 24.4 Å². The average molecular weight is 598 g/mol. The van der Waals surface area contributed by atoms with Crippen LogP contribution in [0.1, 0.15) is 24.5 Å². The van der Waals surface area contributed by atoms with Crippen molar-refractivity contribution in [2.45, 2.75) is 32.4 Å². The van der Waals surface area contributed by atoms with Gasteiger partial charge in [0, 0.05) is 25.6 Å². The zero-order valence-corrected chi connectivity index (χ0v) is 25.5. The molecule has 10 nitrogen and oxygen atoms in total. The Bertz CT molecular complexity index is 1450. The van der Waals surface area contributed by atoms with Crippen LogP contribution in [0, 0.1) is 0 Å². The molecule has 0 aliphatic heterocycles. The highest BCUT2D eigenvalue weighted by atomic mass is 32.2. The zero-order valence-electron chi connectivity index (χ0n) is 24.7. The predicted molar refractivity (Wildman–Crippen MR) is 163 cm³/mol. The minimum atomic E-state index is -3.96. The number of nitrogens with one attached hydrogen (secondary N) is 1. The lowest BCUT2D eigenvalue weighted by Crippen LogP contribution is -2.53. The summed E-state index contributed by atoms with van der Waals surface area (Å²) in [6.07, 6.45) is 1.97. The third kappa shape index (κ3) is 8.62. The van der Waals surface area contributed by atoms with Crippen molar-refractivity contribution in [3.05, 3.63) is 83.9 Å². The summed E-state index contributed by atoms with van der Waals surface area (Å²) in [5.41, 5.74) is 1.75. The number of hydrogen-bond acceptors (Lipinski definition) is 7. The minimum Gasteiger partial charge on any atom is -0.497 e. The fourth-order valence-corrected chi connectivity index (χ4v) is 5.33. The van der Waals surface area contributed by atoms with Crippen LogP contribution in [0.3, 0.4) is 0 Å². The van der Waals surface area contributed by atoms with Gasteiger partial charge in [-0.2, -0.15) is 0 Å². The van der Waals surface area contributed by atoms with Crippen LogP contribution in [-0.4, -0.2) is 71.8 Å². The molecule has 0 aliphatic rings. The zero-order chi connectivity index (χ0) is 30.7. The van der Waals surface area contributed by atoms with Crippen molar-refractivity contribution in [2.24, 2.45) is 0 Å². The van der Waals surface area contributed by atoms with Gasteiger partial charge in [-0.15, -0.1) is 0 Å². The van der Waals surface area contributed by atoms with E-state index in [1.165, 1.54) is 25.2 Å². The standard InChI is InChI=1S/C31H39N3O7S/c1-6-17-32-31(36)28(19-23-11-8-7-9-12-23)33(21-24-13-10-14-25(18-24)39-2)30(35)22-34(42(5,37)38)27-16-15-26(40-3)20-29(27)41-4/h7-16,18,20,28H,6,17,19,21-22H2,1-5H3,(H,32,36)/t28-/m0/s1. The number of anilines is 1. The molecule has 0 aromatic heterocycles. The molecule has 226 valence electrons. The summed E-state index contributed by atoms with van der Waals surface area (Å²) in [7, 11) is 0.481. The summed E-state index contributed by atoms with van der Waals surface area (Å²) < 4.78 is 43.2. The molecule has 2 amide bonds. The molecule has 3 rings (SSSR count). The Morgan fingerprint density at radius 1 is 0.857 bits per heavy atom. The van der Waals surface area contributed by atoms with Crippen molar-refractivity contribution in [3.63, 3.8) is 0 Å². The highest BCUT2D eigenvalue weighted by Gasteiger charge is 2.33. The predicted octanol–water partition coefficient (Wildman–Crippen LogP) is 3.64. The maximum absolute atomic E-state index is 14.2. The second-order valence-corrected chi connectivity index (χ2v) is 11.6. The Morgan fingerprint density at radius 3 is 2.14 bits per heavy atom. The van der Waals surface area contributed by atoms with E-state index in [2.05, 4.69) is 5.32 Å². The van der Waals surface area contributed by atoms with E-state index in [0.717, 1.165) is 21.7 Å². The number of carbonyl (C=O) groups excluding carboxylic acids is 2. The number of rotatable bonds is 15. The minimum absolute atomic E-state index is 0.0461. The van der Waals surface area contributed by atoms with Crippen molar-refractivity contribution < 1.29 is 32.2 Å². The molecular weight excluding hydrogens is 558 g/mol. The van der Waals surface area contributed by atoms with Gasteiger partial charge in [-0.05, 0) is 41.8 Å². The lowest BCUT2D eigenvalue weighted by atomic mass is 10.0. The van der Waals surface area contributed by atoms with Crippen LogP contribution in [-0.2, 0) is 32.6 Å². The molecule has 0 saturated carbocycles. The van der Waals surface area contributed by atoms with Crippen LogP contribution < -0.4 is 23.8 Å². The van der Waals surface area contributed by atoms with E-state index in [9.17, 15) is 18.0 Å². The van der Waals surface area contributed by atoms with Gasteiger partial charge in [-0.1, -0.05) is 49.4 Å². The topological polar surface area (TPSA) is 114 Å². The number of carbonyl (C=O) groups is 2. The van der Waals surface area contributed by atoms with Crippen LogP contribution in [0.4, 0.5) is 5.69 Å². The molecule has 0 unspecified atom stereocenters. The smallest absolute Gasteiger partial charge is 0.244 e. The first kappa shape index (κ1) is 32.3. The molecule has 0 fully saturated rings. The van der Waals surface area contributed by atoms with E-state index >= 15 is 0 Å². The van der Waals surface area contributed by atoms with Gasteiger partial charge in [-0.25, -0.2) is 8.42 Å². The van der Waals surface area contributed by atoms with Gasteiger partial charge in [0.2, 0.25) is 21.8 Å². The molecule has 42 heavy (non-hydrogen) atoms. The molecule has 1 atom stereocenters.